The quantitative estimate of drug-likeness (QED) is 0.712. The predicted octanol–water partition coefficient (Wildman–Crippen LogP) is 2.80. The van der Waals surface area contributed by atoms with Gasteiger partial charge < -0.3 is 4.74 Å². The number of hydrogen-bond donors (Lipinski definition) is 0. The third-order valence-corrected chi connectivity index (χ3v) is 2.48. The summed E-state index contributed by atoms with van der Waals surface area (Å²) < 4.78 is 5.06. The molecular weight excluding hydrogens is 188 g/mol. The van der Waals surface area contributed by atoms with Gasteiger partial charge in [0.2, 0.25) is 0 Å². The lowest BCUT2D eigenvalue weighted by atomic mass is 10.0. The Morgan fingerprint density at radius 3 is 2.73 bits per heavy atom. The molecule has 76 valence electrons. The van der Waals surface area contributed by atoms with Crippen molar-refractivity contribution in [1.29, 1.82) is 0 Å². The first-order valence-electron chi connectivity index (χ1n) is 4.81. The molecular formula is C13H12O2. The minimum absolute atomic E-state index is 0.471. The van der Waals surface area contributed by atoms with Crippen LogP contribution in [-0.4, -0.2) is 13.4 Å². The highest BCUT2D eigenvalue weighted by Crippen LogP contribution is 2.21. The Balaban J connectivity index is 2.69. The fraction of sp³-hybridized carbons (Fsp3) is 0.154. The van der Waals surface area contributed by atoms with Crippen molar-refractivity contribution < 1.29 is 9.53 Å². The van der Waals surface area contributed by atoms with Crippen molar-refractivity contribution in [3.8, 4) is 0 Å². The number of methoxy groups -OCH3 is 1. The number of carbonyl (C=O) groups excluding carboxylic acids is 1. The van der Waals surface area contributed by atoms with Gasteiger partial charge in [-0.1, -0.05) is 36.4 Å². The first-order chi connectivity index (χ1) is 7.36. The molecule has 2 nitrogen and oxygen atoms in total. The minimum Gasteiger partial charge on any atom is -0.380 e. The van der Waals surface area contributed by atoms with Gasteiger partial charge in [0.05, 0.1) is 6.61 Å². The summed E-state index contributed by atoms with van der Waals surface area (Å²) in [6, 6.07) is 11.8. The van der Waals surface area contributed by atoms with Gasteiger partial charge in [0.1, 0.15) is 0 Å². The number of benzene rings is 2. The van der Waals surface area contributed by atoms with E-state index in [0.29, 0.717) is 6.61 Å². The molecule has 0 heterocycles. The molecule has 0 aliphatic carbocycles. The van der Waals surface area contributed by atoms with E-state index in [1.807, 2.05) is 36.4 Å². The van der Waals surface area contributed by atoms with Gasteiger partial charge in [-0.3, -0.25) is 4.79 Å². The second-order valence-electron chi connectivity index (χ2n) is 3.41. The molecule has 2 rings (SSSR count). The number of hydrogen-bond acceptors (Lipinski definition) is 2. The van der Waals surface area contributed by atoms with Gasteiger partial charge in [0.15, 0.2) is 6.29 Å². The molecule has 2 aromatic rings. The SMILES string of the molecule is COCc1ccc2ccccc2c1C=O. The van der Waals surface area contributed by atoms with Gasteiger partial charge in [0.25, 0.3) is 0 Å². The van der Waals surface area contributed by atoms with Gasteiger partial charge in [-0.05, 0) is 16.3 Å². The fourth-order valence-electron chi connectivity index (χ4n) is 1.76. The molecule has 0 unspecified atom stereocenters. The van der Waals surface area contributed by atoms with Crippen molar-refractivity contribution >= 4 is 17.1 Å². The van der Waals surface area contributed by atoms with Crippen LogP contribution in [0, 0.1) is 0 Å². The number of aldehydes is 1. The normalized spacial score (nSPS) is 10.5. The standard InChI is InChI=1S/C13H12O2/c1-15-9-11-7-6-10-4-2-3-5-12(10)13(11)8-14/h2-8H,9H2,1H3. The molecule has 0 radical (unpaired) electrons. The topological polar surface area (TPSA) is 26.3 Å². The zero-order valence-electron chi connectivity index (χ0n) is 8.57. The van der Waals surface area contributed by atoms with Crippen LogP contribution >= 0.6 is 0 Å². The van der Waals surface area contributed by atoms with Crippen molar-refractivity contribution in [3.05, 3.63) is 47.5 Å². The van der Waals surface area contributed by atoms with Crippen LogP contribution in [0.25, 0.3) is 10.8 Å². The molecule has 15 heavy (non-hydrogen) atoms. The van der Waals surface area contributed by atoms with Crippen LogP contribution < -0.4 is 0 Å². The van der Waals surface area contributed by atoms with Crippen molar-refractivity contribution in [1.82, 2.24) is 0 Å². The van der Waals surface area contributed by atoms with Crippen molar-refractivity contribution in [2.24, 2.45) is 0 Å². The first kappa shape index (κ1) is 9.87. The Morgan fingerprint density at radius 1 is 1.20 bits per heavy atom. The Labute approximate surface area is 88.5 Å². The lowest BCUT2D eigenvalue weighted by Crippen LogP contribution is -1.95. The van der Waals surface area contributed by atoms with Crippen LogP contribution in [0.5, 0.6) is 0 Å². The molecule has 2 heteroatoms. The molecule has 0 spiro atoms. The largest absolute Gasteiger partial charge is 0.380 e. The maximum absolute atomic E-state index is 11.1. The zero-order valence-corrected chi connectivity index (χ0v) is 8.57. The summed E-state index contributed by atoms with van der Waals surface area (Å²) in [4.78, 5) is 11.1. The highest BCUT2D eigenvalue weighted by Gasteiger charge is 2.05. The van der Waals surface area contributed by atoms with Crippen LogP contribution in [-0.2, 0) is 11.3 Å². The van der Waals surface area contributed by atoms with E-state index in [0.717, 1.165) is 28.2 Å². The molecule has 2 aromatic carbocycles. The van der Waals surface area contributed by atoms with Gasteiger partial charge in [-0.25, -0.2) is 0 Å². The van der Waals surface area contributed by atoms with Crippen LogP contribution in [0.1, 0.15) is 15.9 Å². The highest BCUT2D eigenvalue weighted by atomic mass is 16.5. The Morgan fingerprint density at radius 2 is 2.00 bits per heavy atom. The van der Waals surface area contributed by atoms with E-state index in [1.54, 1.807) is 7.11 Å². The molecule has 0 saturated heterocycles. The van der Waals surface area contributed by atoms with E-state index in [2.05, 4.69) is 0 Å². The molecule has 0 bridgehead atoms. The van der Waals surface area contributed by atoms with Crippen LogP contribution in [0.3, 0.4) is 0 Å². The van der Waals surface area contributed by atoms with E-state index >= 15 is 0 Å². The number of carbonyl (C=O) groups is 1. The Bertz CT molecular complexity index is 489. The van der Waals surface area contributed by atoms with Gasteiger partial charge in [0, 0.05) is 12.7 Å². The summed E-state index contributed by atoms with van der Waals surface area (Å²) in [5.74, 6) is 0. The highest BCUT2D eigenvalue weighted by molar-refractivity contribution is 5.99. The lowest BCUT2D eigenvalue weighted by Gasteiger charge is -2.07. The molecule has 0 fully saturated rings. The molecule has 0 aliphatic rings. The summed E-state index contributed by atoms with van der Waals surface area (Å²) in [7, 11) is 1.63. The number of ether oxygens (including phenoxy) is 1. The monoisotopic (exact) mass is 200 g/mol. The number of fused-ring (bicyclic) bond motifs is 1. The maximum Gasteiger partial charge on any atom is 0.151 e. The predicted molar refractivity (Wildman–Crippen MR) is 60.0 cm³/mol. The Hall–Kier alpha value is -1.67. The zero-order chi connectivity index (χ0) is 10.7. The molecule has 0 saturated carbocycles. The molecule has 0 atom stereocenters. The first-order valence-corrected chi connectivity index (χ1v) is 4.81. The van der Waals surface area contributed by atoms with Gasteiger partial charge in [-0.15, -0.1) is 0 Å². The van der Waals surface area contributed by atoms with Gasteiger partial charge >= 0.3 is 0 Å². The van der Waals surface area contributed by atoms with Gasteiger partial charge in [-0.2, -0.15) is 0 Å². The molecule has 0 aromatic heterocycles. The molecule has 0 amide bonds. The van der Waals surface area contributed by atoms with Crippen molar-refractivity contribution in [3.63, 3.8) is 0 Å². The summed E-state index contributed by atoms with van der Waals surface area (Å²) >= 11 is 0. The molecule has 0 N–H and O–H groups in total. The Kier molecular flexibility index (Phi) is 2.79. The van der Waals surface area contributed by atoms with Crippen molar-refractivity contribution in [2.75, 3.05) is 7.11 Å². The van der Waals surface area contributed by atoms with Crippen molar-refractivity contribution in [2.45, 2.75) is 6.61 Å². The summed E-state index contributed by atoms with van der Waals surface area (Å²) in [6.45, 7) is 0.471. The second kappa shape index (κ2) is 4.24. The third-order valence-electron chi connectivity index (χ3n) is 2.48. The summed E-state index contributed by atoms with van der Waals surface area (Å²) in [5, 5.41) is 2.07. The minimum atomic E-state index is 0.471. The van der Waals surface area contributed by atoms with Crippen LogP contribution in [0.2, 0.25) is 0 Å². The van der Waals surface area contributed by atoms with Crippen LogP contribution in [0.4, 0.5) is 0 Å². The second-order valence-corrected chi connectivity index (χ2v) is 3.41. The van der Waals surface area contributed by atoms with E-state index in [-0.39, 0.29) is 0 Å². The van der Waals surface area contributed by atoms with E-state index in [4.69, 9.17) is 4.74 Å². The third kappa shape index (κ3) is 1.76. The lowest BCUT2D eigenvalue weighted by molar-refractivity contribution is 0.112. The number of rotatable bonds is 3. The smallest absolute Gasteiger partial charge is 0.151 e. The average molecular weight is 200 g/mol. The van der Waals surface area contributed by atoms with Crippen LogP contribution in [0.15, 0.2) is 36.4 Å². The van der Waals surface area contributed by atoms with E-state index in [9.17, 15) is 4.79 Å². The average Bonchev–Trinajstić information content (AvgIpc) is 2.29. The van der Waals surface area contributed by atoms with E-state index < -0.39 is 0 Å². The molecule has 0 aliphatic heterocycles. The fourth-order valence-corrected chi connectivity index (χ4v) is 1.76. The summed E-state index contributed by atoms with van der Waals surface area (Å²) in [6.07, 6.45) is 0.899. The van der Waals surface area contributed by atoms with E-state index in [1.165, 1.54) is 0 Å². The maximum atomic E-state index is 11.1. The summed E-state index contributed by atoms with van der Waals surface area (Å²) in [5.41, 5.74) is 1.67.